The summed E-state index contributed by atoms with van der Waals surface area (Å²) < 4.78 is 16.9. The van der Waals surface area contributed by atoms with Crippen molar-refractivity contribution in [1.29, 1.82) is 0 Å². The van der Waals surface area contributed by atoms with Gasteiger partial charge in [0.15, 0.2) is 11.2 Å². The molecule has 1 aromatic heterocycles. The molecule has 0 amide bonds. The number of carbonyl (C=O) groups excluding carboxylic acids is 2. The average Bonchev–Trinajstić information content (AvgIpc) is 3.05. The number of benzene rings is 2. The number of hydrogen-bond acceptors (Lipinski definition) is 6. The van der Waals surface area contributed by atoms with Crippen LogP contribution in [0.1, 0.15) is 47.7 Å². The minimum absolute atomic E-state index is 0.0474. The lowest BCUT2D eigenvalue weighted by molar-refractivity contribution is -0.135. The van der Waals surface area contributed by atoms with E-state index in [1.807, 2.05) is 0 Å². The third-order valence-corrected chi connectivity index (χ3v) is 5.29. The predicted molar refractivity (Wildman–Crippen MR) is 104 cm³/mol. The molecule has 0 bridgehead atoms. The lowest BCUT2D eigenvalue weighted by atomic mass is 9.85. The van der Waals surface area contributed by atoms with Gasteiger partial charge in [-0.15, -0.1) is 0 Å². The normalized spacial score (nSPS) is 17.6. The van der Waals surface area contributed by atoms with Crippen LogP contribution in [0.25, 0.3) is 11.0 Å². The second-order valence-corrected chi connectivity index (χ2v) is 7.36. The first-order valence-corrected chi connectivity index (χ1v) is 9.23. The van der Waals surface area contributed by atoms with Crippen LogP contribution in [0.5, 0.6) is 11.5 Å². The number of ether oxygens (including phenoxy) is 2. The molecule has 5 rings (SSSR count). The van der Waals surface area contributed by atoms with Crippen LogP contribution in [0.3, 0.4) is 0 Å². The van der Waals surface area contributed by atoms with Gasteiger partial charge in [0, 0.05) is 17.0 Å². The maximum Gasteiger partial charge on any atom is 0.312 e. The zero-order chi connectivity index (χ0) is 20.3. The molecule has 3 heterocycles. The van der Waals surface area contributed by atoms with Crippen molar-refractivity contribution >= 4 is 22.7 Å². The highest BCUT2D eigenvalue weighted by Gasteiger charge is 2.39. The van der Waals surface area contributed by atoms with Crippen LogP contribution in [0, 0.1) is 0 Å². The van der Waals surface area contributed by atoms with E-state index < -0.39 is 11.9 Å². The van der Waals surface area contributed by atoms with Gasteiger partial charge in [0.25, 0.3) is 0 Å². The molecule has 29 heavy (non-hydrogen) atoms. The van der Waals surface area contributed by atoms with Gasteiger partial charge in [-0.2, -0.15) is 0 Å². The Bertz CT molecular complexity index is 1310. The number of esters is 1. The molecule has 2 aliphatic heterocycles. The second-order valence-electron chi connectivity index (χ2n) is 7.36. The average molecular weight is 388 g/mol. The van der Waals surface area contributed by atoms with Crippen molar-refractivity contribution in [2.75, 3.05) is 0 Å². The molecule has 0 N–H and O–H groups in total. The molecule has 2 aromatic carbocycles. The fourth-order valence-electron chi connectivity index (χ4n) is 3.92. The summed E-state index contributed by atoms with van der Waals surface area (Å²) >= 11 is 0. The Labute approximate surface area is 165 Å². The van der Waals surface area contributed by atoms with E-state index in [-0.39, 0.29) is 23.4 Å². The summed E-state index contributed by atoms with van der Waals surface area (Å²) in [5.74, 6) is -0.416. The van der Waals surface area contributed by atoms with E-state index in [4.69, 9.17) is 13.9 Å². The third kappa shape index (κ3) is 2.52. The van der Waals surface area contributed by atoms with Crippen molar-refractivity contribution in [1.82, 2.24) is 0 Å². The van der Waals surface area contributed by atoms with Crippen molar-refractivity contribution < 1.29 is 23.5 Å². The summed E-state index contributed by atoms with van der Waals surface area (Å²) in [5, 5.41) is 0.431. The van der Waals surface area contributed by atoms with E-state index in [0.29, 0.717) is 39.2 Å². The smallest absolute Gasteiger partial charge is 0.312 e. The highest BCUT2D eigenvalue weighted by atomic mass is 16.5. The van der Waals surface area contributed by atoms with E-state index in [0.717, 1.165) is 5.57 Å². The Hall–Kier alpha value is -3.67. The van der Waals surface area contributed by atoms with Crippen LogP contribution in [-0.2, 0) is 4.79 Å². The van der Waals surface area contributed by atoms with Crippen molar-refractivity contribution in [3.63, 3.8) is 0 Å². The summed E-state index contributed by atoms with van der Waals surface area (Å²) in [6.45, 7) is 3.59. The Balaban J connectivity index is 1.76. The highest BCUT2D eigenvalue weighted by Crippen LogP contribution is 2.48. The molecule has 6 heteroatoms. The van der Waals surface area contributed by atoms with E-state index in [1.54, 1.807) is 50.2 Å². The lowest BCUT2D eigenvalue weighted by Crippen LogP contribution is -2.25. The van der Waals surface area contributed by atoms with Crippen molar-refractivity contribution in [2.45, 2.75) is 26.2 Å². The van der Waals surface area contributed by atoms with Gasteiger partial charge in [-0.05, 0) is 43.7 Å². The van der Waals surface area contributed by atoms with Gasteiger partial charge in [0.05, 0.1) is 23.6 Å². The van der Waals surface area contributed by atoms with Gasteiger partial charge in [-0.1, -0.05) is 12.1 Å². The minimum atomic E-state index is -0.633. The number of Topliss-reactive ketones (excluding diaryl/α,β-unsaturated/α-hetero) is 1. The number of ketones is 1. The standard InChI is InChI=1S/C23H16O6/c1-11(2)22-21(26)13-7-8-17-19(23(13)29-22)14(9-18(24)28-17)15-10-27-16-6-4-3-5-12(16)20(15)25/h3-8,10,14H,9H2,1-2H3/t14-/m0/s1. The van der Waals surface area contributed by atoms with Crippen LogP contribution in [0.2, 0.25) is 0 Å². The predicted octanol–water partition coefficient (Wildman–Crippen LogP) is 4.10. The van der Waals surface area contributed by atoms with Gasteiger partial charge < -0.3 is 13.9 Å². The fraction of sp³-hybridized carbons (Fsp3) is 0.174. The Morgan fingerprint density at radius 1 is 1.00 bits per heavy atom. The monoisotopic (exact) mass is 388 g/mol. The van der Waals surface area contributed by atoms with Gasteiger partial charge in [0.2, 0.25) is 5.78 Å². The number of rotatable bonds is 1. The molecule has 1 atom stereocenters. The molecule has 0 unspecified atom stereocenters. The van der Waals surface area contributed by atoms with E-state index in [2.05, 4.69) is 0 Å². The number of fused-ring (bicyclic) bond motifs is 4. The quantitative estimate of drug-likeness (QED) is 0.355. The summed E-state index contributed by atoms with van der Waals surface area (Å²) in [4.78, 5) is 38.1. The number of allylic oxidation sites excluding steroid dienone is 2. The maximum absolute atomic E-state index is 13.2. The zero-order valence-electron chi connectivity index (χ0n) is 15.8. The first-order chi connectivity index (χ1) is 14.0. The van der Waals surface area contributed by atoms with Crippen molar-refractivity contribution in [3.05, 3.63) is 80.9 Å². The van der Waals surface area contributed by atoms with Gasteiger partial charge in [-0.25, -0.2) is 0 Å². The minimum Gasteiger partial charge on any atom is -0.464 e. The summed E-state index contributed by atoms with van der Waals surface area (Å²) in [6.07, 6.45) is 1.34. The van der Waals surface area contributed by atoms with Gasteiger partial charge in [-0.3, -0.25) is 14.4 Å². The molecule has 0 saturated heterocycles. The van der Waals surface area contributed by atoms with Crippen LogP contribution in [0.4, 0.5) is 0 Å². The Kier molecular flexibility index (Phi) is 3.71. The van der Waals surface area contributed by atoms with Crippen molar-refractivity contribution in [2.24, 2.45) is 0 Å². The van der Waals surface area contributed by atoms with E-state index in [9.17, 15) is 14.4 Å². The lowest BCUT2D eigenvalue weighted by Gasteiger charge is -2.25. The number of para-hydroxylation sites is 1. The molecule has 3 aromatic rings. The van der Waals surface area contributed by atoms with Crippen LogP contribution < -0.4 is 14.9 Å². The summed E-state index contributed by atoms with van der Waals surface area (Å²) in [5.41, 5.74) is 2.24. The van der Waals surface area contributed by atoms with Crippen LogP contribution >= 0.6 is 0 Å². The SMILES string of the molecule is CC(C)=C1Oc2c(ccc3c2[C@H](c2coc4ccccc4c2=O)CC(=O)O3)C1=O. The molecular formula is C23H16O6. The first kappa shape index (κ1) is 17.4. The summed E-state index contributed by atoms with van der Waals surface area (Å²) in [6, 6.07) is 10.1. The Morgan fingerprint density at radius 3 is 2.59 bits per heavy atom. The molecule has 0 spiro atoms. The largest absolute Gasteiger partial charge is 0.464 e. The molecular weight excluding hydrogens is 372 g/mol. The molecule has 144 valence electrons. The molecule has 6 nitrogen and oxygen atoms in total. The van der Waals surface area contributed by atoms with Gasteiger partial charge in [0.1, 0.15) is 17.1 Å². The van der Waals surface area contributed by atoms with E-state index >= 15 is 0 Å². The maximum atomic E-state index is 13.2. The Morgan fingerprint density at radius 2 is 1.79 bits per heavy atom. The zero-order valence-corrected chi connectivity index (χ0v) is 15.8. The van der Waals surface area contributed by atoms with Crippen LogP contribution in [0.15, 0.2) is 63.2 Å². The van der Waals surface area contributed by atoms with Gasteiger partial charge >= 0.3 is 5.97 Å². The third-order valence-electron chi connectivity index (χ3n) is 5.29. The molecule has 0 radical (unpaired) electrons. The number of hydrogen-bond donors (Lipinski definition) is 0. The topological polar surface area (TPSA) is 82.8 Å². The van der Waals surface area contributed by atoms with E-state index in [1.165, 1.54) is 6.26 Å². The second kappa shape index (κ2) is 6.17. The fourth-order valence-corrected chi connectivity index (χ4v) is 3.92. The van der Waals surface area contributed by atoms with Crippen molar-refractivity contribution in [3.8, 4) is 11.5 Å². The highest BCUT2D eigenvalue weighted by molar-refractivity contribution is 6.13. The molecule has 0 saturated carbocycles. The molecule has 0 fully saturated rings. The molecule has 0 aliphatic carbocycles. The first-order valence-electron chi connectivity index (χ1n) is 9.23. The number of carbonyl (C=O) groups is 2. The summed E-state index contributed by atoms with van der Waals surface area (Å²) in [7, 11) is 0. The molecule has 2 aliphatic rings. The van der Waals surface area contributed by atoms with Crippen LogP contribution in [-0.4, -0.2) is 11.8 Å².